The average Bonchev–Trinajstić information content (AvgIpc) is 2.78. The molecule has 7 nitrogen and oxygen atoms in total. The Morgan fingerprint density at radius 1 is 1.42 bits per heavy atom. The van der Waals surface area contributed by atoms with Crippen molar-refractivity contribution in [3.63, 3.8) is 0 Å². The Morgan fingerprint density at radius 2 is 2.16 bits per heavy atom. The van der Waals surface area contributed by atoms with Gasteiger partial charge in [-0.3, -0.25) is 9.59 Å². The highest BCUT2D eigenvalue weighted by molar-refractivity contribution is 6.46. The maximum absolute atomic E-state index is 11.8. The van der Waals surface area contributed by atoms with Crippen molar-refractivity contribution in [2.45, 2.75) is 13.3 Å². The molecule has 0 saturated carbocycles. The molecule has 0 fully saturated rings. The number of aromatic carboxylic acids is 1. The molecule has 0 spiro atoms. The van der Waals surface area contributed by atoms with Crippen LogP contribution in [0.2, 0.25) is 0 Å². The van der Waals surface area contributed by atoms with Crippen molar-refractivity contribution in [1.82, 2.24) is 5.43 Å². The van der Waals surface area contributed by atoms with E-state index < -0.39 is 11.9 Å². The van der Waals surface area contributed by atoms with Crippen molar-refractivity contribution in [3.05, 3.63) is 29.3 Å². The van der Waals surface area contributed by atoms with Gasteiger partial charge in [0.25, 0.3) is 5.91 Å². The fourth-order valence-electron chi connectivity index (χ4n) is 1.63. The number of carboxylic acids is 1. The summed E-state index contributed by atoms with van der Waals surface area (Å²) in [4.78, 5) is 33.8. The Morgan fingerprint density at radius 3 is 2.74 bits per heavy atom. The first-order valence-electron chi connectivity index (χ1n) is 5.48. The molecule has 2 amide bonds. The maximum Gasteiger partial charge on any atom is 0.337 e. The van der Waals surface area contributed by atoms with Crippen LogP contribution in [0.5, 0.6) is 0 Å². The normalized spacial score (nSPS) is 13.7. The molecule has 19 heavy (non-hydrogen) atoms. The molecule has 1 heterocycles. The Hall–Kier alpha value is -2.70. The van der Waals surface area contributed by atoms with E-state index in [9.17, 15) is 14.4 Å². The minimum atomic E-state index is -1.14. The maximum atomic E-state index is 11.8. The van der Waals surface area contributed by atoms with Crippen molar-refractivity contribution >= 4 is 29.2 Å². The summed E-state index contributed by atoms with van der Waals surface area (Å²) in [6.07, 6.45) is -0.111. The number of benzene rings is 1. The SMILES string of the molecule is Cc1ccc(NC(=O)C2=NNC(=O)C2)c(C(=O)O)c1. The molecule has 0 aliphatic carbocycles. The summed E-state index contributed by atoms with van der Waals surface area (Å²) in [6.45, 7) is 1.75. The van der Waals surface area contributed by atoms with Gasteiger partial charge in [0.2, 0.25) is 5.91 Å². The molecular formula is C12H11N3O4. The Balaban J connectivity index is 2.22. The zero-order valence-corrected chi connectivity index (χ0v) is 10.1. The van der Waals surface area contributed by atoms with Crippen LogP contribution in [-0.2, 0) is 9.59 Å². The number of hydrogen-bond donors (Lipinski definition) is 3. The number of carboxylic acid groups (broad SMARTS) is 1. The molecule has 1 aliphatic heterocycles. The van der Waals surface area contributed by atoms with Crippen molar-refractivity contribution < 1.29 is 19.5 Å². The van der Waals surface area contributed by atoms with Gasteiger partial charge in [-0.05, 0) is 19.1 Å². The molecule has 0 saturated heterocycles. The van der Waals surface area contributed by atoms with E-state index in [1.807, 2.05) is 0 Å². The summed E-state index contributed by atoms with van der Waals surface area (Å²) in [7, 11) is 0. The van der Waals surface area contributed by atoms with E-state index in [4.69, 9.17) is 5.11 Å². The Labute approximate surface area is 108 Å². The van der Waals surface area contributed by atoms with E-state index in [-0.39, 0.29) is 29.3 Å². The number of carbonyl (C=O) groups is 3. The summed E-state index contributed by atoms with van der Waals surface area (Å²) >= 11 is 0. The summed E-state index contributed by atoms with van der Waals surface area (Å²) in [5.41, 5.74) is 3.12. The lowest BCUT2D eigenvalue weighted by Gasteiger charge is -2.08. The smallest absolute Gasteiger partial charge is 0.337 e. The van der Waals surface area contributed by atoms with Crippen LogP contribution in [-0.4, -0.2) is 28.6 Å². The molecule has 0 atom stereocenters. The highest BCUT2D eigenvalue weighted by Gasteiger charge is 2.22. The largest absolute Gasteiger partial charge is 0.478 e. The summed E-state index contributed by atoms with van der Waals surface area (Å²) in [6, 6.07) is 4.64. The molecule has 3 N–H and O–H groups in total. The molecule has 0 radical (unpaired) electrons. The van der Waals surface area contributed by atoms with Gasteiger partial charge in [0.05, 0.1) is 17.7 Å². The van der Waals surface area contributed by atoms with Crippen LogP contribution < -0.4 is 10.7 Å². The predicted molar refractivity (Wildman–Crippen MR) is 67.0 cm³/mol. The lowest BCUT2D eigenvalue weighted by molar-refractivity contribution is -0.119. The van der Waals surface area contributed by atoms with Gasteiger partial charge in [-0.2, -0.15) is 5.10 Å². The van der Waals surface area contributed by atoms with Crippen molar-refractivity contribution in [1.29, 1.82) is 0 Å². The number of anilines is 1. The topological polar surface area (TPSA) is 108 Å². The summed E-state index contributed by atoms with van der Waals surface area (Å²) < 4.78 is 0. The van der Waals surface area contributed by atoms with E-state index in [1.165, 1.54) is 12.1 Å². The van der Waals surface area contributed by atoms with Gasteiger partial charge in [0.15, 0.2) is 0 Å². The van der Waals surface area contributed by atoms with E-state index in [0.29, 0.717) is 0 Å². The standard InChI is InChI=1S/C12H11N3O4/c1-6-2-3-8(7(4-6)12(18)19)13-11(17)9-5-10(16)15-14-9/h2-4H,5H2,1H3,(H,13,17)(H,15,16)(H,18,19). The van der Waals surface area contributed by atoms with Gasteiger partial charge in [-0.25, -0.2) is 10.2 Å². The van der Waals surface area contributed by atoms with E-state index in [0.717, 1.165) is 5.56 Å². The molecule has 1 aromatic rings. The van der Waals surface area contributed by atoms with Crippen molar-refractivity contribution in [2.24, 2.45) is 5.10 Å². The number of hydrogen-bond acceptors (Lipinski definition) is 4. The average molecular weight is 261 g/mol. The molecule has 98 valence electrons. The number of nitrogens with zero attached hydrogens (tertiary/aromatic N) is 1. The van der Waals surface area contributed by atoms with E-state index >= 15 is 0 Å². The lowest BCUT2D eigenvalue weighted by Crippen LogP contribution is -2.23. The molecule has 0 aromatic heterocycles. The van der Waals surface area contributed by atoms with Crippen molar-refractivity contribution in [3.8, 4) is 0 Å². The van der Waals surface area contributed by atoms with Gasteiger partial charge in [0.1, 0.15) is 5.71 Å². The molecule has 1 aliphatic rings. The first-order valence-corrected chi connectivity index (χ1v) is 5.48. The predicted octanol–water partition coefficient (Wildman–Crippen LogP) is 0.508. The molecule has 0 bridgehead atoms. The minimum absolute atomic E-state index is 0.00812. The van der Waals surface area contributed by atoms with Crippen LogP contribution in [0.4, 0.5) is 5.69 Å². The van der Waals surface area contributed by atoms with E-state index in [1.54, 1.807) is 13.0 Å². The number of amides is 2. The molecular weight excluding hydrogens is 250 g/mol. The third kappa shape index (κ3) is 2.76. The number of rotatable bonds is 3. The fourth-order valence-corrected chi connectivity index (χ4v) is 1.63. The number of aryl methyl sites for hydroxylation is 1. The molecule has 0 unspecified atom stereocenters. The second-order valence-corrected chi connectivity index (χ2v) is 4.08. The first-order chi connectivity index (χ1) is 8.97. The number of nitrogens with one attached hydrogen (secondary N) is 2. The Kier molecular flexibility index (Phi) is 3.28. The van der Waals surface area contributed by atoms with Crippen LogP contribution in [0.1, 0.15) is 22.3 Å². The summed E-state index contributed by atoms with van der Waals surface area (Å²) in [5.74, 6) is -2.10. The zero-order chi connectivity index (χ0) is 14.0. The first kappa shape index (κ1) is 12.7. The highest BCUT2D eigenvalue weighted by atomic mass is 16.4. The molecule has 2 rings (SSSR count). The van der Waals surface area contributed by atoms with Crippen molar-refractivity contribution in [2.75, 3.05) is 5.32 Å². The minimum Gasteiger partial charge on any atom is -0.478 e. The van der Waals surface area contributed by atoms with Crippen LogP contribution in [0.15, 0.2) is 23.3 Å². The zero-order valence-electron chi connectivity index (χ0n) is 10.1. The van der Waals surface area contributed by atoms with Crippen LogP contribution in [0.25, 0.3) is 0 Å². The fraction of sp³-hybridized carbons (Fsp3) is 0.167. The van der Waals surface area contributed by atoms with E-state index in [2.05, 4.69) is 15.8 Å². The highest BCUT2D eigenvalue weighted by Crippen LogP contribution is 2.17. The third-order valence-electron chi connectivity index (χ3n) is 2.56. The van der Waals surface area contributed by atoms with Crippen LogP contribution in [0, 0.1) is 6.92 Å². The van der Waals surface area contributed by atoms with Gasteiger partial charge < -0.3 is 10.4 Å². The van der Waals surface area contributed by atoms with Crippen LogP contribution in [0.3, 0.4) is 0 Å². The third-order valence-corrected chi connectivity index (χ3v) is 2.56. The second kappa shape index (κ2) is 4.89. The Bertz CT molecular complexity index is 607. The van der Waals surface area contributed by atoms with Gasteiger partial charge in [-0.1, -0.05) is 11.6 Å². The number of hydrazone groups is 1. The molecule has 7 heteroatoms. The monoisotopic (exact) mass is 261 g/mol. The second-order valence-electron chi connectivity index (χ2n) is 4.08. The van der Waals surface area contributed by atoms with Gasteiger partial charge in [0, 0.05) is 0 Å². The lowest BCUT2D eigenvalue weighted by atomic mass is 10.1. The molecule has 1 aromatic carbocycles. The van der Waals surface area contributed by atoms with Crippen LogP contribution >= 0.6 is 0 Å². The number of carbonyl (C=O) groups excluding carboxylic acids is 2. The quantitative estimate of drug-likeness (QED) is 0.736. The van der Waals surface area contributed by atoms with Gasteiger partial charge >= 0.3 is 5.97 Å². The van der Waals surface area contributed by atoms with Gasteiger partial charge in [-0.15, -0.1) is 0 Å². The summed E-state index contributed by atoms with van der Waals surface area (Å²) in [5, 5.41) is 15.1.